The summed E-state index contributed by atoms with van der Waals surface area (Å²) in [5.41, 5.74) is -1.81. The Kier molecular flexibility index (Phi) is 6.34. The maximum atomic E-state index is 13.8. The van der Waals surface area contributed by atoms with Crippen LogP contribution in [0, 0.1) is 22.5 Å². The average molecular weight is 494 g/mol. The molecular weight excluding hydrogens is 472 g/mol. The summed E-state index contributed by atoms with van der Waals surface area (Å²) in [6.07, 6.45) is 1.71. The van der Waals surface area contributed by atoms with Gasteiger partial charge in [0.25, 0.3) is 5.91 Å². The third-order valence-electron chi connectivity index (χ3n) is 5.84. The minimum Gasteiger partial charge on any atom is -0.503 e. The summed E-state index contributed by atoms with van der Waals surface area (Å²) >= 11 is 2.40. The van der Waals surface area contributed by atoms with E-state index in [1.54, 1.807) is 18.8 Å². The summed E-state index contributed by atoms with van der Waals surface area (Å²) in [5, 5.41) is 29.4. The van der Waals surface area contributed by atoms with Gasteiger partial charge in [-0.05, 0) is 23.8 Å². The molecule has 1 aromatic carbocycles. The standard InChI is InChI=1S/C21H21F2N5O3S2/c1-28(21-4-5-32-9-14(21)27-21)20(31)16-18(30)17(29)12(8-26-16)19(25)33-15(24)6-10-2-3-11(22)7-13(10)23/h2-3,7-8,14,24-25,27,30H,4-6,9H2,1H3,(H,26,29). The van der Waals surface area contributed by atoms with Crippen molar-refractivity contribution in [2.24, 2.45) is 0 Å². The molecule has 0 radical (unpaired) electrons. The molecule has 1 aromatic heterocycles. The predicted octanol–water partition coefficient (Wildman–Crippen LogP) is 2.51. The molecule has 2 fully saturated rings. The normalized spacial score (nSPS) is 21.2. The summed E-state index contributed by atoms with van der Waals surface area (Å²) in [4.78, 5) is 29.7. The number of hydrogen-bond donors (Lipinski definition) is 5. The molecule has 0 saturated carbocycles. The molecule has 2 aliphatic rings. The zero-order valence-corrected chi connectivity index (χ0v) is 19.1. The first-order valence-electron chi connectivity index (χ1n) is 10.0. The van der Waals surface area contributed by atoms with Crippen molar-refractivity contribution in [2.45, 2.75) is 24.5 Å². The lowest BCUT2D eigenvalue weighted by molar-refractivity contribution is 0.0680. The fourth-order valence-corrected chi connectivity index (χ4v) is 5.82. The number of hydrogen-bond acceptors (Lipinski definition) is 8. The van der Waals surface area contributed by atoms with Gasteiger partial charge in [-0.25, -0.2) is 8.78 Å². The number of carbonyl (C=O) groups excluding carboxylic acids is 1. The molecule has 2 aromatic rings. The summed E-state index contributed by atoms with van der Waals surface area (Å²) in [7, 11) is 1.62. The lowest BCUT2D eigenvalue weighted by atomic mass is 10.1. The van der Waals surface area contributed by atoms with E-state index < -0.39 is 34.4 Å². The number of thioether (sulfide) groups is 2. The van der Waals surface area contributed by atoms with Crippen molar-refractivity contribution >= 4 is 39.5 Å². The number of halogens is 2. The number of amides is 1. The SMILES string of the molecule is CN(C(=O)c1[nH]cc(C(=N)SC(=N)Cc2ccc(F)cc2F)c(=O)c1O)C12CCSCC1N2. The van der Waals surface area contributed by atoms with Gasteiger partial charge in [0.1, 0.15) is 22.3 Å². The molecule has 2 saturated heterocycles. The van der Waals surface area contributed by atoms with Crippen LogP contribution >= 0.6 is 23.5 Å². The van der Waals surface area contributed by atoms with Crippen LogP contribution < -0.4 is 10.7 Å². The molecular formula is C21H21F2N5O3S2. The van der Waals surface area contributed by atoms with Gasteiger partial charge < -0.3 is 15.0 Å². The van der Waals surface area contributed by atoms with E-state index in [1.807, 2.05) is 0 Å². The molecule has 12 heteroatoms. The number of fused-ring (bicyclic) bond motifs is 1. The Morgan fingerprint density at radius 3 is 2.85 bits per heavy atom. The van der Waals surface area contributed by atoms with Gasteiger partial charge in [0.15, 0.2) is 11.4 Å². The molecule has 4 rings (SSSR count). The zero-order chi connectivity index (χ0) is 23.9. The van der Waals surface area contributed by atoms with E-state index in [9.17, 15) is 23.5 Å². The van der Waals surface area contributed by atoms with E-state index in [-0.39, 0.29) is 39.4 Å². The van der Waals surface area contributed by atoms with E-state index in [0.29, 0.717) is 17.8 Å². The smallest absolute Gasteiger partial charge is 0.275 e. The molecule has 0 aliphatic carbocycles. The fourth-order valence-electron chi connectivity index (χ4n) is 3.87. The minimum atomic E-state index is -0.916. The highest BCUT2D eigenvalue weighted by atomic mass is 32.2. The number of likely N-dealkylation sites (N-methyl/N-ethyl adjacent to an activating group) is 1. The Labute approximate surface area is 196 Å². The highest BCUT2D eigenvalue weighted by Crippen LogP contribution is 2.41. The van der Waals surface area contributed by atoms with Crippen LogP contribution in [0.1, 0.15) is 28.0 Å². The second kappa shape index (κ2) is 8.92. The van der Waals surface area contributed by atoms with Crippen LogP contribution in [0.2, 0.25) is 0 Å². The van der Waals surface area contributed by atoms with Gasteiger partial charge in [-0.2, -0.15) is 11.8 Å². The van der Waals surface area contributed by atoms with Gasteiger partial charge in [0.05, 0.1) is 16.6 Å². The number of benzene rings is 1. The van der Waals surface area contributed by atoms with E-state index in [1.165, 1.54) is 11.0 Å². The number of pyridine rings is 1. The van der Waals surface area contributed by atoms with Crippen molar-refractivity contribution in [2.75, 3.05) is 18.6 Å². The Morgan fingerprint density at radius 2 is 2.15 bits per heavy atom. The lowest BCUT2D eigenvalue weighted by Crippen LogP contribution is -2.45. The Morgan fingerprint density at radius 1 is 1.39 bits per heavy atom. The molecule has 3 heterocycles. The van der Waals surface area contributed by atoms with E-state index in [4.69, 9.17) is 10.8 Å². The molecule has 33 heavy (non-hydrogen) atoms. The number of nitrogens with one attached hydrogen (secondary N) is 4. The summed E-state index contributed by atoms with van der Waals surface area (Å²) in [6.45, 7) is 0. The zero-order valence-electron chi connectivity index (χ0n) is 17.5. The molecule has 1 amide bonds. The number of carbonyl (C=O) groups is 1. The lowest BCUT2D eigenvalue weighted by Gasteiger charge is -2.30. The first-order valence-corrected chi connectivity index (χ1v) is 12.0. The van der Waals surface area contributed by atoms with E-state index >= 15 is 0 Å². The van der Waals surface area contributed by atoms with E-state index in [2.05, 4.69) is 10.3 Å². The maximum absolute atomic E-state index is 13.8. The quantitative estimate of drug-likeness (QED) is 0.246. The Bertz CT molecular complexity index is 1220. The van der Waals surface area contributed by atoms with Gasteiger partial charge in [-0.1, -0.05) is 17.8 Å². The topological polar surface area (TPSA) is 143 Å². The Hall–Kier alpha value is -2.70. The fraction of sp³-hybridized carbons (Fsp3) is 0.333. The summed E-state index contributed by atoms with van der Waals surface area (Å²) in [5.74, 6) is -1.12. The predicted molar refractivity (Wildman–Crippen MR) is 125 cm³/mol. The van der Waals surface area contributed by atoms with E-state index in [0.717, 1.165) is 30.2 Å². The molecule has 0 spiro atoms. The molecule has 174 valence electrons. The van der Waals surface area contributed by atoms with Gasteiger partial charge in [-0.3, -0.25) is 25.7 Å². The Balaban J connectivity index is 1.47. The second-order valence-corrected chi connectivity index (χ2v) is 10.1. The van der Waals surface area contributed by atoms with Crippen LogP contribution in [0.15, 0.2) is 29.2 Å². The van der Waals surface area contributed by atoms with Crippen molar-refractivity contribution in [3.63, 3.8) is 0 Å². The first kappa shape index (κ1) is 23.5. The van der Waals surface area contributed by atoms with Crippen molar-refractivity contribution < 1.29 is 18.7 Å². The van der Waals surface area contributed by atoms with Gasteiger partial charge >= 0.3 is 0 Å². The molecule has 2 aliphatic heterocycles. The third-order valence-corrected chi connectivity index (χ3v) is 7.72. The number of rotatable bonds is 5. The van der Waals surface area contributed by atoms with Crippen LogP contribution in [0.25, 0.3) is 0 Å². The van der Waals surface area contributed by atoms with Crippen molar-refractivity contribution in [3.8, 4) is 5.75 Å². The largest absolute Gasteiger partial charge is 0.503 e. The highest BCUT2D eigenvalue weighted by Gasteiger charge is 2.59. The van der Waals surface area contributed by atoms with Crippen LogP contribution in [0.4, 0.5) is 8.78 Å². The van der Waals surface area contributed by atoms with Crippen molar-refractivity contribution in [1.82, 2.24) is 15.2 Å². The van der Waals surface area contributed by atoms with Crippen LogP contribution in [0.3, 0.4) is 0 Å². The van der Waals surface area contributed by atoms with Crippen molar-refractivity contribution in [1.29, 1.82) is 10.8 Å². The molecule has 2 atom stereocenters. The summed E-state index contributed by atoms with van der Waals surface area (Å²) < 4.78 is 26.8. The van der Waals surface area contributed by atoms with Gasteiger partial charge in [-0.15, -0.1) is 0 Å². The summed E-state index contributed by atoms with van der Waals surface area (Å²) in [6, 6.07) is 3.16. The third kappa shape index (κ3) is 4.42. The van der Waals surface area contributed by atoms with Gasteiger partial charge in [0, 0.05) is 31.5 Å². The first-order chi connectivity index (χ1) is 15.6. The minimum absolute atomic E-state index is 0.0786. The number of H-pyrrole nitrogens is 1. The van der Waals surface area contributed by atoms with Crippen LogP contribution in [-0.4, -0.2) is 61.2 Å². The maximum Gasteiger partial charge on any atom is 0.275 e. The number of aromatic amines is 1. The number of aromatic hydroxyl groups is 1. The van der Waals surface area contributed by atoms with Crippen molar-refractivity contribution in [3.05, 3.63) is 63.1 Å². The second-order valence-electron chi connectivity index (χ2n) is 7.83. The molecule has 8 nitrogen and oxygen atoms in total. The monoisotopic (exact) mass is 493 g/mol. The molecule has 5 N–H and O–H groups in total. The number of aromatic nitrogens is 1. The highest BCUT2D eigenvalue weighted by molar-refractivity contribution is 8.26. The van der Waals surface area contributed by atoms with Crippen LogP contribution in [-0.2, 0) is 6.42 Å². The average Bonchev–Trinajstić information content (AvgIpc) is 3.52. The van der Waals surface area contributed by atoms with Gasteiger partial charge in [0.2, 0.25) is 5.43 Å². The number of nitrogens with zero attached hydrogens (tertiary/aromatic N) is 1. The van der Waals surface area contributed by atoms with Crippen LogP contribution in [0.5, 0.6) is 5.75 Å². The molecule has 0 bridgehead atoms. The molecule has 2 unspecified atom stereocenters.